The van der Waals surface area contributed by atoms with Crippen molar-refractivity contribution in [2.45, 2.75) is 17.5 Å². The maximum absolute atomic E-state index is 9.10. The lowest BCUT2D eigenvalue weighted by Gasteiger charge is -2.10. The van der Waals surface area contributed by atoms with Gasteiger partial charge >= 0.3 is 0 Å². The fourth-order valence-electron chi connectivity index (χ4n) is 0.828. The topological polar surface area (TPSA) is 49.7 Å². The van der Waals surface area contributed by atoms with E-state index in [1.54, 1.807) is 0 Å². The summed E-state index contributed by atoms with van der Waals surface area (Å²) in [5.74, 6) is 0. The Morgan fingerprint density at radius 2 is 2.33 bits per heavy atom. The van der Waals surface area contributed by atoms with E-state index in [1.807, 2.05) is 0 Å². The van der Waals surface area contributed by atoms with E-state index in [-0.39, 0.29) is 11.9 Å². The Kier molecular flexibility index (Phi) is 2.35. The van der Waals surface area contributed by atoms with Crippen LogP contribution in [0.5, 0.6) is 0 Å². The van der Waals surface area contributed by atoms with Gasteiger partial charge in [0.1, 0.15) is 6.10 Å². The van der Waals surface area contributed by atoms with E-state index >= 15 is 0 Å². The maximum atomic E-state index is 9.10. The van der Waals surface area contributed by atoms with E-state index in [0.29, 0.717) is 6.61 Å². The highest BCUT2D eigenvalue weighted by Crippen LogP contribution is 2.17. The van der Waals surface area contributed by atoms with Gasteiger partial charge in [-0.15, -0.1) is 0 Å². The Morgan fingerprint density at radius 3 is 2.56 bits per heavy atom. The van der Waals surface area contributed by atoms with Crippen LogP contribution in [0, 0.1) is 0 Å². The van der Waals surface area contributed by atoms with Gasteiger partial charge in [0.15, 0.2) is 0 Å². The summed E-state index contributed by atoms with van der Waals surface area (Å²) in [5.41, 5.74) is 0. The summed E-state index contributed by atoms with van der Waals surface area (Å²) in [6, 6.07) is 0. The molecule has 0 spiro atoms. The van der Waals surface area contributed by atoms with Crippen LogP contribution in [0.1, 0.15) is 0 Å². The lowest BCUT2D eigenvalue weighted by atomic mass is 10.2. The Balaban J connectivity index is 2.41. The van der Waals surface area contributed by atoms with Crippen molar-refractivity contribution in [3.05, 3.63) is 0 Å². The van der Waals surface area contributed by atoms with Crippen LogP contribution in [0.25, 0.3) is 0 Å². The van der Waals surface area contributed by atoms with Crippen LogP contribution in [0.3, 0.4) is 0 Å². The van der Waals surface area contributed by atoms with Crippen LogP contribution in [-0.2, 0) is 4.74 Å². The molecule has 1 aliphatic rings. The molecule has 1 fully saturated rings. The van der Waals surface area contributed by atoms with E-state index in [9.17, 15) is 0 Å². The first-order chi connectivity index (χ1) is 4.25. The first-order valence-electron chi connectivity index (χ1n) is 2.84. The molecule has 1 heterocycles. The van der Waals surface area contributed by atoms with Gasteiger partial charge in [-0.05, 0) is 0 Å². The molecule has 0 aromatic rings. The Hall–Kier alpha value is 0.230. The number of rotatable bonds is 1. The highest BCUT2D eigenvalue weighted by molar-refractivity contribution is 7.81. The molecule has 54 valence electrons. The van der Waals surface area contributed by atoms with Gasteiger partial charge in [-0.2, -0.15) is 12.6 Å². The average Bonchev–Trinajstić information content (AvgIpc) is 2.15. The maximum Gasteiger partial charge on any atom is 0.108 e. The third-order valence-electron chi connectivity index (χ3n) is 1.44. The van der Waals surface area contributed by atoms with Gasteiger partial charge in [0.2, 0.25) is 0 Å². The van der Waals surface area contributed by atoms with Crippen molar-refractivity contribution in [2.24, 2.45) is 0 Å². The highest BCUT2D eigenvalue weighted by Gasteiger charge is 2.32. The van der Waals surface area contributed by atoms with Gasteiger partial charge < -0.3 is 14.9 Å². The van der Waals surface area contributed by atoms with Gasteiger partial charge in [-0.3, -0.25) is 0 Å². The van der Waals surface area contributed by atoms with Gasteiger partial charge in [-0.1, -0.05) is 0 Å². The van der Waals surface area contributed by atoms with Crippen molar-refractivity contribution in [3.63, 3.8) is 0 Å². The summed E-state index contributed by atoms with van der Waals surface area (Å²) in [7, 11) is 0. The number of aliphatic hydroxyl groups excluding tert-OH is 2. The summed E-state index contributed by atoms with van der Waals surface area (Å²) in [4.78, 5) is 0. The van der Waals surface area contributed by atoms with Crippen LogP contribution >= 0.6 is 12.6 Å². The zero-order valence-electron chi connectivity index (χ0n) is 4.90. The van der Waals surface area contributed by atoms with Gasteiger partial charge in [-0.25, -0.2) is 0 Å². The SMILES string of the molecule is OCC1OCC(S)C1O. The van der Waals surface area contributed by atoms with Crippen molar-refractivity contribution >= 4 is 12.6 Å². The summed E-state index contributed by atoms with van der Waals surface area (Å²) in [5, 5.41) is 17.5. The molecule has 3 atom stereocenters. The molecule has 9 heavy (non-hydrogen) atoms. The van der Waals surface area contributed by atoms with E-state index in [2.05, 4.69) is 12.6 Å². The third-order valence-corrected chi connectivity index (χ3v) is 1.89. The molecule has 4 heteroatoms. The van der Waals surface area contributed by atoms with E-state index in [0.717, 1.165) is 0 Å². The molecule has 1 aliphatic heterocycles. The summed E-state index contributed by atoms with van der Waals surface area (Å²) in [6.07, 6.45) is -1.04. The van der Waals surface area contributed by atoms with Gasteiger partial charge in [0, 0.05) is 0 Å². The zero-order chi connectivity index (χ0) is 6.85. The Morgan fingerprint density at radius 1 is 1.67 bits per heavy atom. The molecule has 0 aliphatic carbocycles. The summed E-state index contributed by atoms with van der Waals surface area (Å²) in [6.45, 7) is 0.299. The van der Waals surface area contributed by atoms with Gasteiger partial charge in [0.25, 0.3) is 0 Å². The lowest BCUT2D eigenvalue weighted by Crippen LogP contribution is -2.29. The first kappa shape index (κ1) is 7.34. The van der Waals surface area contributed by atoms with Gasteiger partial charge in [0.05, 0.1) is 24.6 Å². The van der Waals surface area contributed by atoms with E-state index in [4.69, 9.17) is 14.9 Å². The standard InChI is InChI=1S/C5H10O3S/c6-1-3-5(7)4(9)2-8-3/h3-7,9H,1-2H2. The third kappa shape index (κ3) is 1.38. The largest absolute Gasteiger partial charge is 0.394 e. The average molecular weight is 150 g/mol. The quantitative estimate of drug-likeness (QED) is 0.422. The molecule has 0 aromatic heterocycles. The minimum Gasteiger partial charge on any atom is -0.394 e. The monoisotopic (exact) mass is 150 g/mol. The highest BCUT2D eigenvalue weighted by atomic mass is 32.1. The van der Waals surface area contributed by atoms with Crippen LogP contribution in [0.15, 0.2) is 0 Å². The summed E-state index contributed by atoms with van der Waals surface area (Å²) < 4.78 is 4.95. The van der Waals surface area contributed by atoms with E-state index in [1.165, 1.54) is 0 Å². The number of thiol groups is 1. The van der Waals surface area contributed by atoms with Crippen LogP contribution < -0.4 is 0 Å². The molecule has 1 saturated heterocycles. The Labute approximate surface area is 59.1 Å². The first-order valence-corrected chi connectivity index (χ1v) is 3.36. The molecular formula is C5H10O3S. The molecule has 0 radical (unpaired) electrons. The van der Waals surface area contributed by atoms with Crippen LogP contribution in [0.2, 0.25) is 0 Å². The van der Waals surface area contributed by atoms with Crippen LogP contribution in [-0.4, -0.2) is 40.9 Å². The molecule has 3 nitrogen and oxygen atoms in total. The molecular weight excluding hydrogens is 140 g/mol. The molecule has 0 bridgehead atoms. The van der Waals surface area contributed by atoms with Crippen molar-refractivity contribution in [1.82, 2.24) is 0 Å². The number of ether oxygens (including phenoxy) is 1. The Bertz CT molecular complexity index is 98.2. The predicted molar refractivity (Wildman–Crippen MR) is 35.6 cm³/mol. The lowest BCUT2D eigenvalue weighted by molar-refractivity contribution is 0.00429. The number of hydrogen-bond donors (Lipinski definition) is 3. The molecule has 3 unspecified atom stereocenters. The van der Waals surface area contributed by atoms with Crippen LogP contribution in [0.4, 0.5) is 0 Å². The number of hydrogen-bond acceptors (Lipinski definition) is 4. The minimum atomic E-state index is -0.613. The molecule has 0 saturated carbocycles. The normalized spacial score (nSPS) is 43.7. The second-order valence-electron chi connectivity index (χ2n) is 2.11. The summed E-state index contributed by atoms with van der Waals surface area (Å²) >= 11 is 4.01. The van der Waals surface area contributed by atoms with Crippen molar-refractivity contribution in [1.29, 1.82) is 0 Å². The minimum absolute atomic E-state index is 0.127. The zero-order valence-corrected chi connectivity index (χ0v) is 5.79. The molecule has 0 aromatic carbocycles. The van der Waals surface area contributed by atoms with Crippen molar-refractivity contribution in [3.8, 4) is 0 Å². The fraction of sp³-hybridized carbons (Fsp3) is 1.00. The fourth-order valence-corrected chi connectivity index (χ4v) is 1.11. The molecule has 1 rings (SSSR count). The number of aliphatic hydroxyl groups is 2. The molecule has 2 N–H and O–H groups in total. The molecule has 0 amide bonds. The van der Waals surface area contributed by atoms with Crippen molar-refractivity contribution < 1.29 is 14.9 Å². The van der Waals surface area contributed by atoms with E-state index < -0.39 is 12.2 Å². The van der Waals surface area contributed by atoms with Crippen molar-refractivity contribution in [2.75, 3.05) is 13.2 Å². The second kappa shape index (κ2) is 2.88. The smallest absolute Gasteiger partial charge is 0.108 e. The second-order valence-corrected chi connectivity index (χ2v) is 2.78. The predicted octanol–water partition coefficient (Wildman–Crippen LogP) is -0.963.